The maximum atomic E-state index is 12.9. The van der Waals surface area contributed by atoms with Gasteiger partial charge in [0.2, 0.25) is 0 Å². The smallest absolute Gasteiger partial charge is 0.319 e. The molecule has 1 aliphatic rings. The molecule has 2 N–H and O–H groups in total. The van der Waals surface area contributed by atoms with Crippen LogP contribution in [0.2, 0.25) is 5.02 Å². The third kappa shape index (κ3) is 4.86. The van der Waals surface area contributed by atoms with Gasteiger partial charge < -0.3 is 20.4 Å². The van der Waals surface area contributed by atoms with Crippen LogP contribution in [0.25, 0.3) is 11.3 Å². The molecule has 0 bridgehead atoms. The van der Waals surface area contributed by atoms with Gasteiger partial charge in [0.25, 0.3) is 5.91 Å². The summed E-state index contributed by atoms with van der Waals surface area (Å²) in [5.41, 5.74) is 5.51. The highest BCUT2D eigenvalue weighted by atomic mass is 35.5. The molecular weight excluding hydrogens is 436 g/mol. The molecule has 1 heterocycles. The first-order valence-corrected chi connectivity index (χ1v) is 10.9. The number of carbonyl (C=O) groups is 2. The lowest BCUT2D eigenvalue weighted by molar-refractivity contribution is -0.110. The van der Waals surface area contributed by atoms with Crippen molar-refractivity contribution in [1.29, 1.82) is 0 Å². The SMILES string of the molecule is CN(C)C(=O)N(C)Cc1ccc(N/C(=C2\C(=O)Nc3cc(Cl)ccc32)c2ccccc2)cc1. The Morgan fingerprint density at radius 3 is 2.33 bits per heavy atom. The van der Waals surface area contributed by atoms with Crippen LogP contribution in [-0.4, -0.2) is 42.9 Å². The summed E-state index contributed by atoms with van der Waals surface area (Å²) in [7, 11) is 5.24. The van der Waals surface area contributed by atoms with Crippen LogP contribution in [0.1, 0.15) is 16.7 Å². The Morgan fingerprint density at radius 1 is 0.970 bits per heavy atom. The zero-order valence-corrected chi connectivity index (χ0v) is 19.5. The van der Waals surface area contributed by atoms with Gasteiger partial charge in [-0.1, -0.05) is 60.1 Å². The summed E-state index contributed by atoms with van der Waals surface area (Å²) in [5.74, 6) is -0.181. The van der Waals surface area contributed by atoms with E-state index in [0.29, 0.717) is 28.5 Å². The minimum atomic E-state index is -0.181. The van der Waals surface area contributed by atoms with Crippen LogP contribution in [0.5, 0.6) is 0 Å². The fraction of sp³-hybridized carbons (Fsp3) is 0.154. The van der Waals surface area contributed by atoms with Crippen LogP contribution in [0, 0.1) is 0 Å². The van der Waals surface area contributed by atoms with E-state index in [1.807, 2.05) is 60.7 Å². The second-order valence-corrected chi connectivity index (χ2v) is 8.55. The normalized spacial score (nSPS) is 13.8. The first-order valence-electron chi connectivity index (χ1n) is 10.5. The van der Waals surface area contributed by atoms with E-state index in [1.54, 1.807) is 43.1 Å². The first-order chi connectivity index (χ1) is 15.8. The van der Waals surface area contributed by atoms with Gasteiger partial charge in [0.1, 0.15) is 0 Å². The monoisotopic (exact) mass is 460 g/mol. The number of nitrogens with one attached hydrogen (secondary N) is 2. The molecule has 3 aromatic carbocycles. The number of amides is 3. The molecule has 0 spiro atoms. The van der Waals surface area contributed by atoms with Gasteiger partial charge in [-0.3, -0.25) is 4.79 Å². The molecule has 3 amide bonds. The Kier molecular flexibility index (Phi) is 6.38. The fourth-order valence-electron chi connectivity index (χ4n) is 3.80. The van der Waals surface area contributed by atoms with Crippen LogP contribution in [0.4, 0.5) is 16.2 Å². The average Bonchev–Trinajstić information content (AvgIpc) is 3.13. The summed E-state index contributed by atoms with van der Waals surface area (Å²) in [5, 5.41) is 6.92. The highest BCUT2D eigenvalue weighted by molar-refractivity contribution is 6.38. The Labute approximate surface area is 198 Å². The Hall–Kier alpha value is -3.77. The van der Waals surface area contributed by atoms with Gasteiger partial charge in [0, 0.05) is 44.0 Å². The van der Waals surface area contributed by atoms with Crippen molar-refractivity contribution in [1.82, 2.24) is 9.80 Å². The number of urea groups is 1. The first kappa shape index (κ1) is 22.4. The van der Waals surface area contributed by atoms with E-state index in [1.165, 1.54) is 0 Å². The third-order valence-corrected chi connectivity index (χ3v) is 5.63. The molecule has 0 saturated carbocycles. The summed E-state index contributed by atoms with van der Waals surface area (Å²) in [6.07, 6.45) is 0. The maximum absolute atomic E-state index is 12.9. The Bertz CT molecular complexity index is 1220. The van der Waals surface area contributed by atoms with Gasteiger partial charge >= 0.3 is 6.03 Å². The molecule has 0 saturated heterocycles. The van der Waals surface area contributed by atoms with Crippen LogP contribution in [0.3, 0.4) is 0 Å². The van der Waals surface area contributed by atoms with Crippen molar-refractivity contribution in [3.05, 3.63) is 94.5 Å². The van der Waals surface area contributed by atoms with E-state index in [4.69, 9.17) is 11.6 Å². The van der Waals surface area contributed by atoms with E-state index in [2.05, 4.69) is 10.6 Å². The molecule has 1 aliphatic heterocycles. The average molecular weight is 461 g/mol. The van der Waals surface area contributed by atoms with Crippen LogP contribution in [0.15, 0.2) is 72.8 Å². The molecule has 6 nitrogen and oxygen atoms in total. The van der Waals surface area contributed by atoms with Crippen molar-refractivity contribution < 1.29 is 9.59 Å². The molecule has 168 valence electrons. The van der Waals surface area contributed by atoms with E-state index >= 15 is 0 Å². The van der Waals surface area contributed by atoms with Crippen molar-refractivity contribution >= 4 is 46.2 Å². The maximum Gasteiger partial charge on any atom is 0.319 e. The number of carbonyl (C=O) groups excluding carboxylic acids is 2. The highest BCUT2D eigenvalue weighted by Gasteiger charge is 2.28. The van der Waals surface area contributed by atoms with Crippen molar-refractivity contribution in [3.63, 3.8) is 0 Å². The van der Waals surface area contributed by atoms with Crippen molar-refractivity contribution in [2.24, 2.45) is 0 Å². The van der Waals surface area contributed by atoms with Gasteiger partial charge in [-0.2, -0.15) is 0 Å². The lowest BCUT2D eigenvalue weighted by Crippen LogP contribution is -2.35. The fourth-order valence-corrected chi connectivity index (χ4v) is 3.97. The van der Waals surface area contributed by atoms with Gasteiger partial charge in [0.05, 0.1) is 17.0 Å². The van der Waals surface area contributed by atoms with E-state index in [9.17, 15) is 9.59 Å². The summed E-state index contributed by atoms with van der Waals surface area (Å²) >= 11 is 6.12. The Morgan fingerprint density at radius 2 is 1.67 bits per heavy atom. The molecular formula is C26H25ClN4O2. The Balaban J connectivity index is 1.67. The quantitative estimate of drug-likeness (QED) is 0.502. The minimum Gasteiger partial charge on any atom is -0.354 e. The molecule has 7 heteroatoms. The van der Waals surface area contributed by atoms with Crippen LogP contribution < -0.4 is 10.6 Å². The molecule has 4 rings (SSSR count). The number of hydrogen-bond acceptors (Lipinski definition) is 3. The van der Waals surface area contributed by atoms with Gasteiger partial charge in [-0.05, 0) is 35.4 Å². The van der Waals surface area contributed by atoms with Crippen molar-refractivity contribution in [2.45, 2.75) is 6.54 Å². The van der Waals surface area contributed by atoms with Crippen molar-refractivity contribution in [2.75, 3.05) is 31.8 Å². The molecule has 0 aliphatic carbocycles. The number of anilines is 2. The minimum absolute atomic E-state index is 0.0562. The van der Waals surface area contributed by atoms with Crippen LogP contribution >= 0.6 is 11.6 Å². The number of nitrogens with zero attached hydrogens (tertiary/aromatic N) is 2. The second-order valence-electron chi connectivity index (χ2n) is 8.12. The van der Waals surface area contributed by atoms with E-state index < -0.39 is 0 Å². The van der Waals surface area contributed by atoms with Gasteiger partial charge in [-0.15, -0.1) is 0 Å². The third-order valence-electron chi connectivity index (χ3n) is 5.39. The van der Waals surface area contributed by atoms with Gasteiger partial charge in [0.15, 0.2) is 0 Å². The van der Waals surface area contributed by atoms with E-state index in [-0.39, 0.29) is 11.9 Å². The summed E-state index contributed by atoms with van der Waals surface area (Å²) in [4.78, 5) is 28.3. The number of hydrogen-bond donors (Lipinski definition) is 2. The molecule has 33 heavy (non-hydrogen) atoms. The number of benzene rings is 3. The molecule has 3 aromatic rings. The van der Waals surface area contributed by atoms with E-state index in [0.717, 1.165) is 22.4 Å². The standard InChI is InChI=1S/C26H25ClN4O2/c1-30(2)26(33)31(3)16-17-9-12-20(13-10-17)28-24(18-7-5-4-6-8-18)23-21-14-11-19(27)15-22(21)29-25(23)32/h4-15,28H,16H2,1-3H3,(H,29,32)/b24-23-. The zero-order chi connectivity index (χ0) is 23.5. The predicted octanol–water partition coefficient (Wildman–Crippen LogP) is 5.39. The largest absolute Gasteiger partial charge is 0.354 e. The highest BCUT2D eigenvalue weighted by Crippen LogP contribution is 2.38. The summed E-state index contributed by atoms with van der Waals surface area (Å²) in [6.45, 7) is 0.500. The molecule has 0 radical (unpaired) electrons. The number of fused-ring (bicyclic) bond motifs is 1. The number of rotatable bonds is 5. The van der Waals surface area contributed by atoms with Gasteiger partial charge in [-0.25, -0.2) is 4.79 Å². The topological polar surface area (TPSA) is 64.7 Å². The van der Waals surface area contributed by atoms with Crippen molar-refractivity contribution in [3.8, 4) is 0 Å². The molecule has 0 aromatic heterocycles. The predicted molar refractivity (Wildman–Crippen MR) is 134 cm³/mol. The summed E-state index contributed by atoms with van der Waals surface area (Å²) in [6, 6.07) is 22.9. The number of halogens is 1. The zero-order valence-electron chi connectivity index (χ0n) is 18.7. The lowest BCUT2D eigenvalue weighted by atomic mass is 10.00. The molecule has 0 fully saturated rings. The molecule has 0 unspecified atom stereocenters. The molecule has 0 atom stereocenters. The second kappa shape index (κ2) is 9.38. The van der Waals surface area contributed by atoms with Crippen LogP contribution in [-0.2, 0) is 11.3 Å². The lowest BCUT2D eigenvalue weighted by Gasteiger charge is -2.22. The summed E-state index contributed by atoms with van der Waals surface area (Å²) < 4.78 is 0.